The SMILES string of the molecule is CCOC(=O)Cn1c2c(c3cc(F)ccc31)CC(Nc1nc(C(C)(C)C)cs1)CC2. The molecule has 0 bridgehead atoms. The number of rotatable bonds is 5. The predicted octanol–water partition coefficient (Wildman–Crippen LogP) is 5.07. The Hall–Kier alpha value is -2.41. The Kier molecular flexibility index (Phi) is 5.57. The van der Waals surface area contributed by atoms with Crippen LogP contribution in [0.4, 0.5) is 9.52 Å². The van der Waals surface area contributed by atoms with Gasteiger partial charge in [0.1, 0.15) is 12.4 Å². The maximum absolute atomic E-state index is 14.0. The van der Waals surface area contributed by atoms with E-state index in [0.29, 0.717) is 6.61 Å². The minimum Gasteiger partial charge on any atom is -0.465 e. The molecule has 5 nitrogen and oxygen atoms in total. The second-order valence-electron chi connectivity index (χ2n) is 8.85. The number of esters is 1. The quantitative estimate of drug-likeness (QED) is 0.576. The average Bonchev–Trinajstić information content (AvgIpc) is 3.26. The summed E-state index contributed by atoms with van der Waals surface area (Å²) in [6.07, 6.45) is 2.52. The summed E-state index contributed by atoms with van der Waals surface area (Å²) in [5.74, 6) is -0.525. The molecule has 0 radical (unpaired) electrons. The summed E-state index contributed by atoms with van der Waals surface area (Å²) in [5.41, 5.74) is 4.22. The molecule has 0 amide bonds. The minimum absolute atomic E-state index is 0.0220. The van der Waals surface area contributed by atoms with Gasteiger partial charge in [0.15, 0.2) is 5.13 Å². The molecule has 1 aliphatic rings. The van der Waals surface area contributed by atoms with Crippen molar-refractivity contribution in [1.82, 2.24) is 9.55 Å². The van der Waals surface area contributed by atoms with Crippen molar-refractivity contribution in [2.45, 2.75) is 65.0 Å². The van der Waals surface area contributed by atoms with Gasteiger partial charge in [-0.05, 0) is 49.9 Å². The van der Waals surface area contributed by atoms with Crippen LogP contribution in [-0.2, 0) is 34.3 Å². The zero-order chi connectivity index (χ0) is 21.5. The van der Waals surface area contributed by atoms with Crippen molar-refractivity contribution in [2.24, 2.45) is 0 Å². The molecule has 1 aliphatic carbocycles. The van der Waals surface area contributed by atoms with Crippen LogP contribution in [0.3, 0.4) is 0 Å². The number of thiazole rings is 1. The number of carbonyl (C=O) groups excluding carboxylic acids is 1. The summed E-state index contributed by atoms with van der Waals surface area (Å²) in [6, 6.07) is 5.02. The highest BCUT2D eigenvalue weighted by Crippen LogP contribution is 2.34. The molecule has 7 heteroatoms. The van der Waals surface area contributed by atoms with Gasteiger partial charge in [0.2, 0.25) is 0 Å². The molecular formula is C23H28FN3O2S. The molecule has 4 rings (SSSR count). The second kappa shape index (κ2) is 8.02. The molecule has 1 atom stereocenters. The lowest BCUT2D eigenvalue weighted by molar-refractivity contribution is -0.143. The molecule has 0 aliphatic heterocycles. The molecule has 0 saturated heterocycles. The number of benzene rings is 1. The van der Waals surface area contributed by atoms with E-state index >= 15 is 0 Å². The number of fused-ring (bicyclic) bond motifs is 3. The molecule has 0 saturated carbocycles. The van der Waals surface area contributed by atoms with E-state index in [4.69, 9.17) is 9.72 Å². The second-order valence-corrected chi connectivity index (χ2v) is 9.71. The fraction of sp³-hybridized carbons (Fsp3) is 0.478. The number of carbonyl (C=O) groups is 1. The third-order valence-corrected chi connectivity index (χ3v) is 6.40. The number of aromatic nitrogens is 2. The lowest BCUT2D eigenvalue weighted by Gasteiger charge is -2.25. The van der Waals surface area contributed by atoms with Gasteiger partial charge in [-0.25, -0.2) is 9.37 Å². The molecule has 1 aromatic carbocycles. The monoisotopic (exact) mass is 429 g/mol. The van der Waals surface area contributed by atoms with Gasteiger partial charge >= 0.3 is 5.97 Å². The number of ether oxygens (including phenoxy) is 1. The number of halogens is 1. The van der Waals surface area contributed by atoms with Crippen LogP contribution in [0.5, 0.6) is 0 Å². The van der Waals surface area contributed by atoms with E-state index in [0.717, 1.165) is 52.2 Å². The van der Waals surface area contributed by atoms with Crippen molar-refractivity contribution in [2.75, 3.05) is 11.9 Å². The van der Waals surface area contributed by atoms with Crippen molar-refractivity contribution in [1.29, 1.82) is 0 Å². The first kappa shape index (κ1) is 20.8. The maximum Gasteiger partial charge on any atom is 0.325 e. The predicted molar refractivity (Wildman–Crippen MR) is 119 cm³/mol. The summed E-state index contributed by atoms with van der Waals surface area (Å²) >= 11 is 1.63. The van der Waals surface area contributed by atoms with Crippen LogP contribution in [0.25, 0.3) is 10.9 Å². The molecule has 0 spiro atoms. The highest BCUT2D eigenvalue weighted by Gasteiger charge is 2.27. The number of hydrogen-bond acceptors (Lipinski definition) is 5. The topological polar surface area (TPSA) is 56.1 Å². The standard InChI is InChI=1S/C23H28FN3O2S/c1-5-29-21(28)12-27-18-8-6-14(24)10-16(18)17-11-15(7-9-19(17)27)25-22-26-20(13-30-22)23(2,3)4/h6,8,10,13,15H,5,7,9,11-12H2,1-4H3,(H,25,26). The molecule has 3 aromatic rings. The summed E-state index contributed by atoms with van der Waals surface area (Å²) in [7, 11) is 0. The smallest absolute Gasteiger partial charge is 0.325 e. The lowest BCUT2D eigenvalue weighted by atomic mass is 9.91. The first-order valence-corrected chi connectivity index (χ1v) is 11.3. The molecule has 160 valence electrons. The zero-order valence-corrected chi connectivity index (χ0v) is 18.7. The van der Waals surface area contributed by atoms with E-state index in [1.54, 1.807) is 30.4 Å². The summed E-state index contributed by atoms with van der Waals surface area (Å²) in [5, 5.41) is 7.50. The van der Waals surface area contributed by atoms with Crippen molar-refractivity contribution < 1.29 is 13.9 Å². The van der Waals surface area contributed by atoms with Gasteiger partial charge in [0.05, 0.1) is 12.3 Å². The van der Waals surface area contributed by atoms with Gasteiger partial charge in [-0.3, -0.25) is 4.79 Å². The molecule has 1 N–H and O–H groups in total. The largest absolute Gasteiger partial charge is 0.465 e. The number of nitrogens with one attached hydrogen (secondary N) is 1. The zero-order valence-electron chi connectivity index (χ0n) is 17.9. The Labute approximate surface area is 180 Å². The molecular weight excluding hydrogens is 401 g/mol. The summed E-state index contributed by atoms with van der Waals surface area (Å²) < 4.78 is 21.2. The lowest BCUT2D eigenvalue weighted by Crippen LogP contribution is -2.28. The first-order valence-electron chi connectivity index (χ1n) is 10.4. The Morgan fingerprint density at radius 2 is 2.20 bits per heavy atom. The Bertz CT molecular complexity index is 1080. The van der Waals surface area contributed by atoms with Gasteiger partial charge < -0.3 is 14.6 Å². The number of hydrogen-bond donors (Lipinski definition) is 1. The molecule has 1 unspecified atom stereocenters. The van der Waals surface area contributed by atoms with Crippen LogP contribution >= 0.6 is 11.3 Å². The van der Waals surface area contributed by atoms with Gasteiger partial charge in [0, 0.05) is 33.4 Å². The van der Waals surface area contributed by atoms with Gasteiger partial charge in [0.25, 0.3) is 0 Å². The van der Waals surface area contributed by atoms with Crippen LogP contribution in [-0.4, -0.2) is 28.2 Å². The molecule has 2 aromatic heterocycles. The summed E-state index contributed by atoms with van der Waals surface area (Å²) in [4.78, 5) is 16.9. The highest BCUT2D eigenvalue weighted by atomic mass is 32.1. The Morgan fingerprint density at radius 1 is 1.40 bits per heavy atom. The first-order chi connectivity index (χ1) is 14.3. The fourth-order valence-electron chi connectivity index (χ4n) is 4.12. The minimum atomic E-state index is -0.265. The van der Waals surface area contributed by atoms with E-state index in [-0.39, 0.29) is 29.8 Å². The molecule has 0 fully saturated rings. The van der Waals surface area contributed by atoms with Crippen molar-refractivity contribution in [3.05, 3.63) is 46.3 Å². The number of nitrogens with zero attached hydrogens (tertiary/aromatic N) is 2. The number of anilines is 1. The fourth-order valence-corrected chi connectivity index (χ4v) is 5.14. The van der Waals surface area contributed by atoms with Gasteiger partial charge in [-0.1, -0.05) is 20.8 Å². The van der Waals surface area contributed by atoms with E-state index in [9.17, 15) is 9.18 Å². The van der Waals surface area contributed by atoms with Crippen molar-refractivity contribution >= 4 is 33.3 Å². The normalized spacial score (nSPS) is 16.5. The van der Waals surface area contributed by atoms with Crippen LogP contribution in [0, 0.1) is 5.82 Å². The maximum atomic E-state index is 14.0. The van der Waals surface area contributed by atoms with Gasteiger partial charge in [-0.2, -0.15) is 0 Å². The average molecular weight is 430 g/mol. The highest BCUT2D eigenvalue weighted by molar-refractivity contribution is 7.13. The molecule has 30 heavy (non-hydrogen) atoms. The summed E-state index contributed by atoms with van der Waals surface area (Å²) in [6.45, 7) is 8.79. The third-order valence-electron chi connectivity index (χ3n) is 5.62. The van der Waals surface area contributed by atoms with Crippen LogP contribution < -0.4 is 5.32 Å². The molecule has 2 heterocycles. The Morgan fingerprint density at radius 3 is 2.90 bits per heavy atom. The van der Waals surface area contributed by atoms with Crippen LogP contribution in [0.15, 0.2) is 23.6 Å². The van der Waals surface area contributed by atoms with E-state index in [1.165, 1.54) is 6.07 Å². The van der Waals surface area contributed by atoms with E-state index in [1.807, 2.05) is 4.57 Å². The van der Waals surface area contributed by atoms with Crippen molar-refractivity contribution in [3.63, 3.8) is 0 Å². The van der Waals surface area contributed by atoms with E-state index in [2.05, 4.69) is 31.5 Å². The van der Waals surface area contributed by atoms with Crippen LogP contribution in [0.2, 0.25) is 0 Å². The van der Waals surface area contributed by atoms with Crippen LogP contribution in [0.1, 0.15) is 51.1 Å². The van der Waals surface area contributed by atoms with Crippen molar-refractivity contribution in [3.8, 4) is 0 Å². The third kappa shape index (κ3) is 4.08. The van der Waals surface area contributed by atoms with E-state index < -0.39 is 0 Å². The Balaban J connectivity index is 1.62. The van der Waals surface area contributed by atoms with Gasteiger partial charge in [-0.15, -0.1) is 11.3 Å².